The van der Waals surface area contributed by atoms with Crippen LogP contribution in [-0.2, 0) is 4.79 Å². The summed E-state index contributed by atoms with van der Waals surface area (Å²) in [6, 6.07) is 15.0. The van der Waals surface area contributed by atoms with Gasteiger partial charge in [0.05, 0.1) is 12.7 Å². The molecule has 0 spiro atoms. The van der Waals surface area contributed by atoms with Gasteiger partial charge in [-0.05, 0) is 38.0 Å². The van der Waals surface area contributed by atoms with E-state index in [1.807, 2.05) is 62.4 Å². The zero-order chi connectivity index (χ0) is 22.7. The Morgan fingerprint density at radius 3 is 2.69 bits per heavy atom. The monoisotopic (exact) mass is 449 g/mol. The molecule has 1 aliphatic heterocycles. The highest BCUT2D eigenvalue weighted by Crippen LogP contribution is 2.40. The molecule has 2 heterocycles. The van der Waals surface area contributed by atoms with Crippen LogP contribution in [-0.4, -0.2) is 33.5 Å². The first-order chi connectivity index (χ1) is 15.5. The van der Waals surface area contributed by atoms with Crippen LogP contribution in [0.2, 0.25) is 0 Å². The van der Waals surface area contributed by atoms with E-state index in [0.29, 0.717) is 22.4 Å². The van der Waals surface area contributed by atoms with E-state index in [4.69, 9.17) is 9.84 Å². The van der Waals surface area contributed by atoms with Gasteiger partial charge in [-0.2, -0.15) is 4.98 Å². The molecule has 1 amide bonds. The number of aromatic nitrogens is 3. The van der Waals surface area contributed by atoms with E-state index in [1.54, 1.807) is 23.6 Å². The number of methoxy groups -OCH3 is 1. The molecule has 0 bridgehead atoms. The number of rotatable bonds is 7. The predicted octanol–water partition coefficient (Wildman–Crippen LogP) is 5.02. The van der Waals surface area contributed by atoms with Gasteiger partial charge in [0, 0.05) is 22.7 Å². The second kappa shape index (κ2) is 9.48. The number of carbonyl (C=O) groups excluding carboxylic acids is 1. The van der Waals surface area contributed by atoms with E-state index in [1.165, 1.54) is 0 Å². The molecule has 2 N–H and O–H groups in total. The maximum Gasteiger partial charge on any atom is 0.255 e. The van der Waals surface area contributed by atoms with Crippen LogP contribution in [0.15, 0.2) is 65.0 Å². The van der Waals surface area contributed by atoms with Crippen molar-refractivity contribution < 1.29 is 9.53 Å². The summed E-state index contributed by atoms with van der Waals surface area (Å²) in [5, 5.41) is 11.8. The Morgan fingerprint density at radius 1 is 1.19 bits per heavy atom. The van der Waals surface area contributed by atoms with Gasteiger partial charge in [-0.1, -0.05) is 55.1 Å². The molecule has 0 radical (unpaired) electrons. The van der Waals surface area contributed by atoms with E-state index in [0.717, 1.165) is 34.7 Å². The van der Waals surface area contributed by atoms with Crippen molar-refractivity contribution in [1.82, 2.24) is 14.8 Å². The molecular formula is C24H27N5O2S. The van der Waals surface area contributed by atoms with Gasteiger partial charge < -0.3 is 15.4 Å². The van der Waals surface area contributed by atoms with Crippen LogP contribution < -0.4 is 15.4 Å². The highest BCUT2D eigenvalue weighted by Gasteiger charge is 2.36. The number of fused-ring (bicyclic) bond motifs is 1. The molecule has 1 aliphatic rings. The van der Waals surface area contributed by atoms with Crippen molar-refractivity contribution in [2.24, 2.45) is 0 Å². The Kier molecular flexibility index (Phi) is 6.50. The number of para-hydroxylation sites is 2. The molecule has 1 atom stereocenters. The number of hydrogen-bond acceptors (Lipinski definition) is 6. The van der Waals surface area contributed by atoms with Crippen molar-refractivity contribution in [3.05, 3.63) is 70.9 Å². The molecule has 1 aromatic heterocycles. The average Bonchev–Trinajstić information content (AvgIpc) is 3.20. The highest BCUT2D eigenvalue weighted by atomic mass is 32.2. The van der Waals surface area contributed by atoms with E-state index < -0.39 is 6.04 Å². The summed E-state index contributed by atoms with van der Waals surface area (Å²) in [6.45, 7) is 5.99. The fourth-order valence-electron chi connectivity index (χ4n) is 3.76. The fourth-order valence-corrected chi connectivity index (χ4v) is 4.45. The summed E-state index contributed by atoms with van der Waals surface area (Å²) < 4.78 is 7.43. The number of allylic oxidation sites excluding steroid dienone is 1. The Hall–Kier alpha value is -3.26. The van der Waals surface area contributed by atoms with E-state index in [-0.39, 0.29) is 5.91 Å². The molecule has 2 aromatic carbocycles. The lowest BCUT2D eigenvalue weighted by Crippen LogP contribution is -2.31. The van der Waals surface area contributed by atoms with E-state index >= 15 is 0 Å². The second-order valence-corrected chi connectivity index (χ2v) is 8.65. The van der Waals surface area contributed by atoms with Gasteiger partial charge in [0.15, 0.2) is 0 Å². The number of carbonyl (C=O) groups is 1. The van der Waals surface area contributed by atoms with Gasteiger partial charge in [-0.3, -0.25) is 4.79 Å². The SMILES string of the molecule is CCCSc1nc2n(n1)C(c1ccccc1OC)C(C(=O)Nc1ccccc1C)=C(C)N2. The third-order valence-corrected chi connectivity index (χ3v) is 6.38. The fraction of sp³-hybridized carbons (Fsp3) is 0.292. The Labute approximate surface area is 192 Å². The van der Waals surface area contributed by atoms with Gasteiger partial charge in [0.25, 0.3) is 5.91 Å². The van der Waals surface area contributed by atoms with Crippen LogP contribution in [0.3, 0.4) is 0 Å². The van der Waals surface area contributed by atoms with Crippen molar-refractivity contribution in [3.8, 4) is 5.75 Å². The summed E-state index contributed by atoms with van der Waals surface area (Å²) in [6.07, 6.45) is 1.03. The van der Waals surface area contributed by atoms with Crippen LogP contribution >= 0.6 is 11.8 Å². The molecule has 0 saturated carbocycles. The van der Waals surface area contributed by atoms with Gasteiger partial charge in [0.1, 0.15) is 11.8 Å². The maximum absolute atomic E-state index is 13.6. The average molecular weight is 450 g/mol. The minimum Gasteiger partial charge on any atom is -0.496 e. The maximum atomic E-state index is 13.6. The summed E-state index contributed by atoms with van der Waals surface area (Å²) >= 11 is 1.60. The topological polar surface area (TPSA) is 81.1 Å². The van der Waals surface area contributed by atoms with Gasteiger partial charge in [0.2, 0.25) is 11.1 Å². The molecule has 0 fully saturated rings. The van der Waals surface area contributed by atoms with Crippen LogP contribution in [0.5, 0.6) is 5.75 Å². The molecule has 1 unspecified atom stereocenters. The minimum absolute atomic E-state index is 0.191. The van der Waals surface area contributed by atoms with Crippen molar-refractivity contribution in [2.45, 2.75) is 38.4 Å². The lowest BCUT2D eigenvalue weighted by molar-refractivity contribution is -0.113. The predicted molar refractivity (Wildman–Crippen MR) is 128 cm³/mol. The number of ether oxygens (including phenoxy) is 1. The molecule has 3 aromatic rings. The summed E-state index contributed by atoms with van der Waals surface area (Å²) in [7, 11) is 1.63. The van der Waals surface area contributed by atoms with Gasteiger partial charge >= 0.3 is 0 Å². The van der Waals surface area contributed by atoms with Gasteiger partial charge in [-0.25, -0.2) is 4.68 Å². The number of nitrogens with one attached hydrogen (secondary N) is 2. The summed E-state index contributed by atoms with van der Waals surface area (Å²) in [4.78, 5) is 18.2. The molecule has 166 valence electrons. The minimum atomic E-state index is -0.477. The molecule has 7 nitrogen and oxygen atoms in total. The Balaban J connectivity index is 1.80. The van der Waals surface area contributed by atoms with E-state index in [9.17, 15) is 4.79 Å². The molecule has 0 saturated heterocycles. The highest BCUT2D eigenvalue weighted by molar-refractivity contribution is 7.99. The number of benzene rings is 2. The quantitative estimate of drug-likeness (QED) is 0.493. The number of nitrogens with zero attached hydrogens (tertiary/aromatic N) is 3. The lowest BCUT2D eigenvalue weighted by Gasteiger charge is -2.29. The smallest absolute Gasteiger partial charge is 0.255 e. The first kappa shape index (κ1) is 22.0. The second-order valence-electron chi connectivity index (χ2n) is 7.59. The number of aryl methyl sites for hydroxylation is 1. The van der Waals surface area contributed by atoms with Crippen molar-refractivity contribution in [1.29, 1.82) is 0 Å². The first-order valence-electron chi connectivity index (χ1n) is 10.6. The third-order valence-electron chi connectivity index (χ3n) is 5.34. The first-order valence-corrected chi connectivity index (χ1v) is 11.6. The number of thioether (sulfide) groups is 1. The lowest BCUT2D eigenvalue weighted by atomic mass is 9.94. The van der Waals surface area contributed by atoms with Crippen LogP contribution in [0.25, 0.3) is 0 Å². The largest absolute Gasteiger partial charge is 0.496 e. The van der Waals surface area contributed by atoms with E-state index in [2.05, 4.69) is 22.5 Å². The Morgan fingerprint density at radius 2 is 1.94 bits per heavy atom. The van der Waals surface area contributed by atoms with Crippen LogP contribution in [0.1, 0.15) is 37.4 Å². The zero-order valence-corrected chi connectivity index (χ0v) is 19.5. The summed E-state index contributed by atoms with van der Waals surface area (Å²) in [5.74, 6) is 2.04. The number of hydrogen-bond donors (Lipinski definition) is 2. The Bertz CT molecular complexity index is 1170. The normalized spacial score (nSPS) is 15.2. The number of anilines is 2. The standard InChI is InChI=1S/C24H27N5O2S/c1-5-14-32-24-27-23-25-16(3)20(22(30)26-18-12-8-6-10-15(18)2)21(29(23)28-24)17-11-7-9-13-19(17)31-4/h6-13,21H,5,14H2,1-4H3,(H,26,30)(H,25,27,28). The molecular weight excluding hydrogens is 422 g/mol. The summed E-state index contributed by atoms with van der Waals surface area (Å²) in [5.41, 5.74) is 3.93. The van der Waals surface area contributed by atoms with Crippen molar-refractivity contribution in [2.75, 3.05) is 23.5 Å². The third kappa shape index (κ3) is 4.23. The number of amides is 1. The van der Waals surface area contributed by atoms with Gasteiger partial charge in [-0.15, -0.1) is 5.10 Å². The van der Waals surface area contributed by atoms with Crippen LogP contribution in [0.4, 0.5) is 11.6 Å². The van der Waals surface area contributed by atoms with Crippen LogP contribution in [0, 0.1) is 6.92 Å². The molecule has 0 aliphatic carbocycles. The molecule has 4 rings (SSSR count). The van der Waals surface area contributed by atoms with Crippen molar-refractivity contribution >= 4 is 29.3 Å². The molecule has 32 heavy (non-hydrogen) atoms. The molecule has 8 heteroatoms. The zero-order valence-electron chi connectivity index (χ0n) is 18.7. The van der Waals surface area contributed by atoms with Crippen molar-refractivity contribution in [3.63, 3.8) is 0 Å².